The molecule has 0 radical (unpaired) electrons. The van der Waals surface area contributed by atoms with E-state index in [2.05, 4.69) is 0 Å². The number of hydroxylamine groups is 2. The van der Waals surface area contributed by atoms with Gasteiger partial charge < -0.3 is 9.84 Å². The zero-order valence-corrected chi connectivity index (χ0v) is 25.5. The summed E-state index contributed by atoms with van der Waals surface area (Å²) < 4.78 is 77.8. The number of aromatic hydroxyl groups is 1. The normalized spacial score (nSPS) is 31.3. The standard InChI is InChI=1S/C27H16Cl2F5IN2O7/c1-44-12-5-7(4-11(35)21(12)38)14-8-2-3-9-13(23(40)37(43)22(9)39)10(8)6-26(28)24(41)36(25(42)27(14,26)29)20-18(33)16(31)15(30)17(32)19(20)34/h2,4-5,9-10,13-14,38,43H,3,6H2,1H3/t9-,10+,13-,14-,26+,27-/m0/s1. The lowest BCUT2D eigenvalue weighted by molar-refractivity contribution is -0.173. The Morgan fingerprint density at radius 1 is 0.932 bits per heavy atom. The topological polar surface area (TPSA) is 124 Å². The largest absolute Gasteiger partial charge is 0.504 e. The molecule has 3 fully saturated rings. The summed E-state index contributed by atoms with van der Waals surface area (Å²) in [7, 11) is 1.21. The maximum Gasteiger partial charge on any atom is 0.258 e. The second-order valence-electron chi connectivity index (χ2n) is 10.7. The number of hydrogen-bond acceptors (Lipinski definition) is 7. The van der Waals surface area contributed by atoms with Crippen molar-refractivity contribution in [1.82, 2.24) is 5.06 Å². The summed E-state index contributed by atoms with van der Waals surface area (Å²) in [6.07, 6.45) is 0.621. The van der Waals surface area contributed by atoms with Crippen molar-refractivity contribution in [3.8, 4) is 11.5 Å². The highest BCUT2D eigenvalue weighted by Crippen LogP contribution is 2.66. The van der Waals surface area contributed by atoms with E-state index in [0.29, 0.717) is 0 Å². The highest BCUT2D eigenvalue weighted by molar-refractivity contribution is 14.1. The predicted octanol–water partition coefficient (Wildman–Crippen LogP) is 4.65. The molecule has 9 nitrogen and oxygen atoms in total. The van der Waals surface area contributed by atoms with Crippen LogP contribution in [0.5, 0.6) is 11.5 Å². The quantitative estimate of drug-likeness (QED) is 0.0681. The van der Waals surface area contributed by atoms with Crippen LogP contribution in [0.1, 0.15) is 24.3 Å². The van der Waals surface area contributed by atoms with Crippen LogP contribution in [-0.2, 0) is 19.2 Å². The van der Waals surface area contributed by atoms with E-state index in [4.69, 9.17) is 27.9 Å². The lowest BCUT2D eigenvalue weighted by Crippen LogP contribution is -2.60. The van der Waals surface area contributed by atoms with Crippen LogP contribution in [0.3, 0.4) is 0 Å². The van der Waals surface area contributed by atoms with Gasteiger partial charge in [0.15, 0.2) is 44.5 Å². The third kappa shape index (κ3) is 3.66. The van der Waals surface area contributed by atoms with E-state index < -0.39 is 98.2 Å². The summed E-state index contributed by atoms with van der Waals surface area (Å²) in [6, 6.07) is 2.57. The van der Waals surface area contributed by atoms with Crippen molar-refractivity contribution < 1.29 is 56.2 Å². The number of methoxy groups -OCH3 is 1. The van der Waals surface area contributed by atoms with E-state index in [9.17, 15) is 42.7 Å². The molecule has 1 saturated carbocycles. The summed E-state index contributed by atoms with van der Waals surface area (Å²) >= 11 is 15.7. The third-order valence-corrected chi connectivity index (χ3v) is 11.0. The summed E-state index contributed by atoms with van der Waals surface area (Å²) in [4.78, 5) is 48.2. The fourth-order valence-corrected chi connectivity index (χ4v) is 8.40. The molecule has 4 aliphatic rings. The maximum atomic E-state index is 15.0. The van der Waals surface area contributed by atoms with Gasteiger partial charge in [0, 0.05) is 5.92 Å². The number of carbonyl (C=O) groups excluding carboxylic acids is 4. The number of imide groups is 2. The number of benzene rings is 2. The highest BCUT2D eigenvalue weighted by atomic mass is 127. The Hall–Kier alpha value is -3.02. The van der Waals surface area contributed by atoms with Crippen molar-refractivity contribution in [1.29, 1.82) is 0 Å². The summed E-state index contributed by atoms with van der Waals surface area (Å²) in [5.74, 6) is -23.3. The predicted molar refractivity (Wildman–Crippen MR) is 147 cm³/mol. The fraction of sp³-hybridized carbons (Fsp3) is 0.333. The molecule has 44 heavy (non-hydrogen) atoms. The van der Waals surface area contributed by atoms with Crippen molar-refractivity contribution in [3.05, 3.63) is 62.0 Å². The molecule has 232 valence electrons. The van der Waals surface area contributed by atoms with Crippen LogP contribution in [0.15, 0.2) is 23.8 Å². The number of alkyl halides is 2. The Morgan fingerprint density at radius 2 is 1.52 bits per heavy atom. The lowest BCUT2D eigenvalue weighted by atomic mass is 9.56. The number of hydrogen-bond donors (Lipinski definition) is 2. The van der Waals surface area contributed by atoms with Crippen LogP contribution >= 0.6 is 45.8 Å². The first-order valence-corrected chi connectivity index (χ1v) is 14.5. The van der Waals surface area contributed by atoms with E-state index in [0.717, 1.165) is 0 Å². The molecular formula is C27H16Cl2F5IN2O7. The number of anilines is 1. The molecule has 2 aromatic rings. The van der Waals surface area contributed by atoms with Crippen LogP contribution in [0.25, 0.3) is 0 Å². The Kier molecular flexibility index (Phi) is 7.03. The van der Waals surface area contributed by atoms with Crippen LogP contribution in [0.2, 0.25) is 0 Å². The van der Waals surface area contributed by atoms with E-state index in [1.54, 1.807) is 22.6 Å². The van der Waals surface area contributed by atoms with Crippen molar-refractivity contribution in [2.45, 2.75) is 28.5 Å². The fourth-order valence-electron chi connectivity index (χ4n) is 6.84. The first-order chi connectivity index (χ1) is 20.5. The zero-order valence-electron chi connectivity index (χ0n) is 21.8. The number of carbonyl (C=O) groups is 4. The third-order valence-electron chi connectivity index (χ3n) is 8.80. The molecule has 2 aromatic carbocycles. The number of fused-ring (bicyclic) bond motifs is 4. The summed E-state index contributed by atoms with van der Waals surface area (Å²) in [6.45, 7) is 0. The van der Waals surface area contributed by atoms with E-state index in [-0.39, 0.29) is 42.6 Å². The van der Waals surface area contributed by atoms with Crippen molar-refractivity contribution in [2.75, 3.05) is 12.0 Å². The van der Waals surface area contributed by atoms with E-state index in [1.165, 1.54) is 25.3 Å². The highest BCUT2D eigenvalue weighted by Gasteiger charge is 2.77. The zero-order chi connectivity index (χ0) is 32.4. The second-order valence-corrected chi connectivity index (χ2v) is 13.1. The SMILES string of the molecule is COc1cc([C@H]2C3=CC[C@@H]4C(=O)N(O)C(=O)[C@@H]4[C@@H]3C[C@@]3(Cl)C(=O)N(c4c(F)c(F)c(F)c(F)c4F)C(=O)[C@@]23Cl)cc(I)c1O. The van der Waals surface area contributed by atoms with Gasteiger partial charge in [-0.15, -0.1) is 23.2 Å². The number of amides is 4. The average Bonchev–Trinajstić information content (AvgIpc) is 3.30. The van der Waals surface area contributed by atoms with Gasteiger partial charge in [-0.2, -0.15) is 5.06 Å². The molecule has 0 aromatic heterocycles. The van der Waals surface area contributed by atoms with Gasteiger partial charge in [-0.1, -0.05) is 11.6 Å². The minimum absolute atomic E-state index is 0.0523. The Labute approximate surface area is 267 Å². The van der Waals surface area contributed by atoms with Gasteiger partial charge in [-0.3, -0.25) is 24.4 Å². The second kappa shape index (κ2) is 9.99. The Bertz CT molecular complexity index is 1750. The van der Waals surface area contributed by atoms with Crippen LogP contribution in [-0.4, -0.2) is 55.9 Å². The van der Waals surface area contributed by atoms with Gasteiger partial charge in [0.1, 0.15) is 5.69 Å². The average molecular weight is 773 g/mol. The van der Waals surface area contributed by atoms with Gasteiger partial charge in [0.05, 0.1) is 22.5 Å². The molecule has 2 heterocycles. The summed E-state index contributed by atoms with van der Waals surface area (Å²) in [5, 5.41) is 20.5. The smallest absolute Gasteiger partial charge is 0.258 e. The van der Waals surface area contributed by atoms with Gasteiger partial charge in [0.2, 0.25) is 5.82 Å². The van der Waals surface area contributed by atoms with Crippen molar-refractivity contribution >= 4 is 75.1 Å². The lowest BCUT2D eigenvalue weighted by Gasteiger charge is -2.50. The van der Waals surface area contributed by atoms with Gasteiger partial charge in [0.25, 0.3) is 23.6 Å². The van der Waals surface area contributed by atoms with Crippen LogP contribution in [0.4, 0.5) is 27.6 Å². The molecule has 0 unspecified atom stereocenters. The van der Waals surface area contributed by atoms with Crippen molar-refractivity contribution in [2.24, 2.45) is 17.8 Å². The Morgan fingerprint density at radius 3 is 2.11 bits per heavy atom. The molecule has 6 rings (SSSR count). The number of rotatable bonds is 3. The number of phenolic OH excluding ortho intramolecular Hbond substituents is 1. The van der Waals surface area contributed by atoms with E-state index >= 15 is 8.78 Å². The number of phenols is 1. The number of halogens is 8. The molecule has 2 N–H and O–H groups in total. The number of nitrogens with zero attached hydrogens (tertiary/aromatic N) is 2. The molecule has 4 amide bonds. The minimum Gasteiger partial charge on any atom is -0.504 e. The van der Waals surface area contributed by atoms with Gasteiger partial charge >= 0.3 is 0 Å². The van der Waals surface area contributed by atoms with Crippen LogP contribution < -0.4 is 9.64 Å². The van der Waals surface area contributed by atoms with Gasteiger partial charge in [-0.25, -0.2) is 26.9 Å². The molecular weight excluding hydrogens is 757 g/mol. The molecule has 17 heteroatoms. The van der Waals surface area contributed by atoms with Crippen LogP contribution in [0, 0.1) is 50.4 Å². The molecule has 2 aliphatic carbocycles. The first kappa shape index (κ1) is 31.0. The molecule has 2 saturated heterocycles. The number of ether oxygens (including phenoxy) is 1. The number of allylic oxidation sites excluding steroid dienone is 2. The molecule has 0 spiro atoms. The van der Waals surface area contributed by atoms with Crippen molar-refractivity contribution in [3.63, 3.8) is 0 Å². The first-order valence-electron chi connectivity index (χ1n) is 12.7. The Balaban J connectivity index is 1.64. The molecule has 2 aliphatic heterocycles. The van der Waals surface area contributed by atoms with E-state index in [1.807, 2.05) is 0 Å². The minimum atomic E-state index is -2.73. The van der Waals surface area contributed by atoms with Gasteiger partial charge in [-0.05, 0) is 59.0 Å². The maximum absolute atomic E-state index is 15.0. The summed E-state index contributed by atoms with van der Waals surface area (Å²) in [5.41, 5.74) is -1.67. The molecule has 6 atom stereocenters. The molecule has 0 bridgehead atoms. The monoisotopic (exact) mass is 772 g/mol.